The molecule has 0 radical (unpaired) electrons. The zero-order chi connectivity index (χ0) is 23.9. The molecule has 0 spiro atoms. The van der Waals surface area contributed by atoms with Crippen LogP contribution in [0.4, 0.5) is 11.4 Å². The van der Waals surface area contributed by atoms with Gasteiger partial charge in [0.15, 0.2) is 5.16 Å². The lowest BCUT2D eigenvalue weighted by Crippen LogP contribution is -2.24. The van der Waals surface area contributed by atoms with Gasteiger partial charge in [0.1, 0.15) is 0 Å². The van der Waals surface area contributed by atoms with Crippen molar-refractivity contribution in [1.29, 1.82) is 0 Å². The number of amides is 2. The number of aromatic nitrogens is 2. The summed E-state index contributed by atoms with van der Waals surface area (Å²) < 4.78 is 1.49. The standard InChI is InChI=1S/C26H22N4O3S/c1-2-16-30-25(33)20-13-7-9-15-22(20)29-26(30)34-17-23(31)28-21-14-8-6-12-19(21)24(32)27-18-10-4-3-5-11-18/h2-15H,1,16-17H2,(H,27,32)(H,28,31). The molecule has 2 N–H and O–H groups in total. The molecule has 0 unspecified atom stereocenters. The number of nitrogens with one attached hydrogen (secondary N) is 2. The number of allylic oxidation sites excluding steroid dienone is 1. The monoisotopic (exact) mass is 470 g/mol. The Morgan fingerprint density at radius 3 is 2.44 bits per heavy atom. The lowest BCUT2D eigenvalue weighted by Gasteiger charge is -2.13. The molecule has 0 atom stereocenters. The van der Waals surface area contributed by atoms with Crippen molar-refractivity contribution in [3.05, 3.63) is 107 Å². The van der Waals surface area contributed by atoms with Crippen LogP contribution in [-0.2, 0) is 11.3 Å². The minimum absolute atomic E-state index is 0.0105. The quantitative estimate of drug-likeness (QED) is 0.224. The Balaban J connectivity index is 1.50. The predicted octanol–water partition coefficient (Wildman–Crippen LogP) is 4.57. The van der Waals surface area contributed by atoms with Gasteiger partial charge in [0.05, 0.1) is 27.9 Å². The molecule has 0 bridgehead atoms. The molecule has 0 saturated heterocycles. The minimum Gasteiger partial charge on any atom is -0.325 e. The third-order valence-electron chi connectivity index (χ3n) is 4.95. The van der Waals surface area contributed by atoms with Gasteiger partial charge in [-0.25, -0.2) is 4.98 Å². The summed E-state index contributed by atoms with van der Waals surface area (Å²) in [7, 11) is 0. The number of nitrogens with zero attached hydrogens (tertiary/aromatic N) is 2. The first-order valence-corrected chi connectivity index (χ1v) is 11.5. The van der Waals surface area contributed by atoms with Gasteiger partial charge in [0.2, 0.25) is 5.91 Å². The van der Waals surface area contributed by atoms with Crippen molar-refractivity contribution in [1.82, 2.24) is 9.55 Å². The number of fused-ring (bicyclic) bond motifs is 1. The number of hydrogen-bond donors (Lipinski definition) is 2. The first-order chi connectivity index (χ1) is 16.6. The van der Waals surface area contributed by atoms with Crippen molar-refractivity contribution >= 4 is 45.9 Å². The van der Waals surface area contributed by atoms with Crippen LogP contribution < -0.4 is 16.2 Å². The van der Waals surface area contributed by atoms with Gasteiger partial charge in [-0.3, -0.25) is 19.0 Å². The molecule has 0 saturated carbocycles. The third kappa shape index (κ3) is 5.24. The van der Waals surface area contributed by atoms with E-state index in [0.717, 1.165) is 11.8 Å². The molecular formula is C26H22N4O3S. The van der Waals surface area contributed by atoms with Crippen LogP contribution in [0.3, 0.4) is 0 Å². The van der Waals surface area contributed by atoms with Gasteiger partial charge in [0.25, 0.3) is 11.5 Å². The van der Waals surface area contributed by atoms with Crippen LogP contribution in [-0.4, -0.2) is 27.1 Å². The zero-order valence-corrected chi connectivity index (χ0v) is 19.0. The van der Waals surface area contributed by atoms with E-state index in [9.17, 15) is 14.4 Å². The summed E-state index contributed by atoms with van der Waals surface area (Å²) in [5.74, 6) is -0.639. The maximum atomic E-state index is 12.9. The van der Waals surface area contributed by atoms with Gasteiger partial charge in [-0.05, 0) is 36.4 Å². The van der Waals surface area contributed by atoms with Crippen molar-refractivity contribution in [2.24, 2.45) is 0 Å². The van der Waals surface area contributed by atoms with E-state index < -0.39 is 0 Å². The average Bonchev–Trinajstić information content (AvgIpc) is 2.85. The van der Waals surface area contributed by atoms with Crippen molar-refractivity contribution in [2.45, 2.75) is 11.7 Å². The topological polar surface area (TPSA) is 93.1 Å². The molecule has 1 heterocycles. The van der Waals surface area contributed by atoms with Crippen molar-refractivity contribution in [3.8, 4) is 0 Å². The summed E-state index contributed by atoms with van der Waals surface area (Å²) in [4.78, 5) is 42.9. The van der Waals surface area contributed by atoms with Gasteiger partial charge in [-0.1, -0.05) is 60.3 Å². The normalized spacial score (nSPS) is 10.6. The minimum atomic E-state index is -0.328. The Kier molecular flexibility index (Phi) is 7.19. The fourth-order valence-corrected chi connectivity index (χ4v) is 4.18. The number of hydrogen-bond acceptors (Lipinski definition) is 5. The van der Waals surface area contributed by atoms with E-state index in [-0.39, 0.29) is 29.7 Å². The largest absolute Gasteiger partial charge is 0.325 e. The summed E-state index contributed by atoms with van der Waals surface area (Å²) in [5, 5.41) is 6.55. The number of anilines is 2. The molecule has 34 heavy (non-hydrogen) atoms. The Hall–Kier alpha value is -4.17. The van der Waals surface area contributed by atoms with E-state index in [0.29, 0.717) is 33.0 Å². The lowest BCUT2D eigenvalue weighted by molar-refractivity contribution is -0.113. The van der Waals surface area contributed by atoms with Gasteiger partial charge in [-0.2, -0.15) is 0 Å². The predicted molar refractivity (Wildman–Crippen MR) is 136 cm³/mol. The van der Waals surface area contributed by atoms with E-state index in [4.69, 9.17) is 0 Å². The summed E-state index contributed by atoms with van der Waals surface area (Å²) in [6, 6.07) is 23.0. The Morgan fingerprint density at radius 1 is 0.941 bits per heavy atom. The SMILES string of the molecule is C=CCn1c(SCC(=O)Nc2ccccc2C(=O)Nc2ccccc2)nc2ccccc2c1=O. The molecule has 0 aliphatic carbocycles. The van der Waals surface area contributed by atoms with E-state index in [2.05, 4.69) is 22.2 Å². The summed E-state index contributed by atoms with van der Waals surface area (Å²) in [5.41, 5.74) is 1.79. The van der Waals surface area contributed by atoms with E-state index in [1.54, 1.807) is 60.7 Å². The maximum Gasteiger partial charge on any atom is 0.262 e. The number of carbonyl (C=O) groups excluding carboxylic acids is 2. The molecule has 3 aromatic carbocycles. The van der Waals surface area contributed by atoms with Crippen LogP contribution in [0.25, 0.3) is 10.9 Å². The van der Waals surface area contributed by atoms with Gasteiger partial charge in [-0.15, -0.1) is 6.58 Å². The van der Waals surface area contributed by atoms with Crippen molar-refractivity contribution in [2.75, 3.05) is 16.4 Å². The molecule has 0 aliphatic rings. The van der Waals surface area contributed by atoms with Crippen molar-refractivity contribution in [3.63, 3.8) is 0 Å². The third-order valence-corrected chi connectivity index (χ3v) is 5.92. The molecule has 170 valence electrons. The molecule has 2 amide bonds. The number of rotatable bonds is 8. The molecule has 0 aliphatic heterocycles. The van der Waals surface area contributed by atoms with Crippen LogP contribution in [0.15, 0.2) is 101 Å². The van der Waals surface area contributed by atoms with E-state index in [1.807, 2.05) is 24.3 Å². The Morgan fingerprint density at radius 2 is 1.65 bits per heavy atom. The zero-order valence-electron chi connectivity index (χ0n) is 18.2. The molecule has 7 nitrogen and oxygen atoms in total. The second kappa shape index (κ2) is 10.6. The second-order valence-electron chi connectivity index (χ2n) is 7.32. The maximum absolute atomic E-state index is 12.9. The van der Waals surface area contributed by atoms with Crippen LogP contribution in [0.1, 0.15) is 10.4 Å². The van der Waals surface area contributed by atoms with Gasteiger partial charge in [0, 0.05) is 12.2 Å². The first-order valence-electron chi connectivity index (χ1n) is 10.6. The fraction of sp³-hybridized carbons (Fsp3) is 0.0769. The highest BCUT2D eigenvalue weighted by Crippen LogP contribution is 2.21. The van der Waals surface area contributed by atoms with Gasteiger partial charge >= 0.3 is 0 Å². The summed E-state index contributed by atoms with van der Waals surface area (Å²) >= 11 is 1.15. The molecule has 4 rings (SSSR count). The molecule has 8 heteroatoms. The first kappa shape index (κ1) is 23.0. The average molecular weight is 471 g/mol. The number of thioether (sulfide) groups is 1. The van der Waals surface area contributed by atoms with E-state index in [1.165, 1.54) is 4.57 Å². The van der Waals surface area contributed by atoms with Gasteiger partial charge < -0.3 is 10.6 Å². The second-order valence-corrected chi connectivity index (χ2v) is 8.26. The summed E-state index contributed by atoms with van der Waals surface area (Å²) in [6.07, 6.45) is 1.61. The highest BCUT2D eigenvalue weighted by atomic mass is 32.2. The molecular weight excluding hydrogens is 448 g/mol. The van der Waals surface area contributed by atoms with Crippen LogP contribution in [0, 0.1) is 0 Å². The number of para-hydroxylation sites is 3. The summed E-state index contributed by atoms with van der Waals surface area (Å²) in [6.45, 7) is 3.99. The fourth-order valence-electron chi connectivity index (χ4n) is 3.37. The highest BCUT2D eigenvalue weighted by Gasteiger charge is 2.16. The Bertz CT molecular complexity index is 1420. The smallest absolute Gasteiger partial charge is 0.262 e. The van der Waals surface area contributed by atoms with E-state index >= 15 is 0 Å². The van der Waals surface area contributed by atoms with Crippen LogP contribution in [0.5, 0.6) is 0 Å². The van der Waals surface area contributed by atoms with Crippen LogP contribution >= 0.6 is 11.8 Å². The molecule has 0 fully saturated rings. The number of benzene rings is 3. The number of carbonyl (C=O) groups is 2. The highest BCUT2D eigenvalue weighted by molar-refractivity contribution is 7.99. The Labute approximate surface area is 200 Å². The lowest BCUT2D eigenvalue weighted by atomic mass is 10.1. The van der Waals surface area contributed by atoms with Crippen molar-refractivity contribution < 1.29 is 9.59 Å². The molecule has 1 aromatic heterocycles. The molecule has 4 aromatic rings. The van der Waals surface area contributed by atoms with Crippen LogP contribution in [0.2, 0.25) is 0 Å².